The van der Waals surface area contributed by atoms with Gasteiger partial charge in [0.1, 0.15) is 29.2 Å². The fourth-order valence-corrected chi connectivity index (χ4v) is 4.98. The van der Waals surface area contributed by atoms with E-state index in [0.717, 1.165) is 37.7 Å². The van der Waals surface area contributed by atoms with Crippen LogP contribution in [0.25, 0.3) is 0 Å². The Hall–Kier alpha value is -3.75. The van der Waals surface area contributed by atoms with Gasteiger partial charge in [-0.15, -0.1) is 0 Å². The summed E-state index contributed by atoms with van der Waals surface area (Å²) in [7, 11) is 0. The highest BCUT2D eigenvalue weighted by Gasteiger charge is 2.36. The molecule has 1 saturated carbocycles. The number of ether oxygens (including phenoxy) is 1. The highest BCUT2D eigenvalue weighted by Crippen LogP contribution is 2.27. The molecule has 0 aliphatic heterocycles. The molecule has 1 fully saturated rings. The summed E-state index contributed by atoms with van der Waals surface area (Å²) in [4.78, 5) is 42.4. The second-order valence-corrected chi connectivity index (χ2v) is 11.4. The molecule has 0 saturated heterocycles. The van der Waals surface area contributed by atoms with Crippen LogP contribution < -0.4 is 10.6 Å². The number of nitrogens with zero attached hydrogens (tertiary/aromatic N) is 1. The number of aromatic hydroxyl groups is 2. The van der Waals surface area contributed by atoms with Gasteiger partial charge in [-0.2, -0.15) is 0 Å². The van der Waals surface area contributed by atoms with Gasteiger partial charge in [-0.1, -0.05) is 50.5 Å². The molecule has 0 aromatic heterocycles. The van der Waals surface area contributed by atoms with E-state index in [9.17, 15) is 24.6 Å². The third-order valence-electron chi connectivity index (χ3n) is 6.83. The molecule has 2 unspecified atom stereocenters. The van der Waals surface area contributed by atoms with E-state index >= 15 is 0 Å². The molecule has 0 spiro atoms. The fourth-order valence-electron chi connectivity index (χ4n) is 4.98. The molecular formula is C31H43N3O6. The highest BCUT2D eigenvalue weighted by molar-refractivity contribution is 5.92. The first-order valence-corrected chi connectivity index (χ1v) is 14.1. The van der Waals surface area contributed by atoms with E-state index in [-0.39, 0.29) is 36.4 Å². The van der Waals surface area contributed by atoms with Crippen molar-refractivity contribution in [3.8, 4) is 11.5 Å². The Kier molecular flexibility index (Phi) is 10.8. The van der Waals surface area contributed by atoms with Crippen molar-refractivity contribution in [3.63, 3.8) is 0 Å². The molecule has 2 aromatic rings. The van der Waals surface area contributed by atoms with Crippen molar-refractivity contribution in [3.05, 3.63) is 59.7 Å². The topological polar surface area (TPSA) is 128 Å². The second kappa shape index (κ2) is 14.1. The quantitative estimate of drug-likeness (QED) is 0.329. The lowest BCUT2D eigenvalue weighted by Crippen LogP contribution is -2.54. The molecule has 0 bridgehead atoms. The molecule has 3 amide bonds. The summed E-state index contributed by atoms with van der Waals surface area (Å²) in [5.41, 5.74) is 0.512. The zero-order chi connectivity index (χ0) is 29.3. The van der Waals surface area contributed by atoms with Crippen LogP contribution in [0.1, 0.15) is 83.4 Å². The van der Waals surface area contributed by atoms with Gasteiger partial charge in [0.25, 0.3) is 0 Å². The molecule has 9 heteroatoms. The van der Waals surface area contributed by atoms with E-state index in [4.69, 9.17) is 4.74 Å². The van der Waals surface area contributed by atoms with Crippen molar-refractivity contribution in [1.29, 1.82) is 0 Å². The Labute approximate surface area is 236 Å². The normalized spacial score (nSPS) is 15.5. The lowest BCUT2D eigenvalue weighted by Gasteiger charge is -2.35. The number of hydrogen-bond donors (Lipinski definition) is 4. The first-order valence-electron chi connectivity index (χ1n) is 14.1. The molecule has 0 heterocycles. The molecule has 3 rings (SSSR count). The van der Waals surface area contributed by atoms with E-state index in [2.05, 4.69) is 10.6 Å². The summed E-state index contributed by atoms with van der Waals surface area (Å²) < 4.78 is 5.45. The fraction of sp³-hybridized carbons (Fsp3) is 0.516. The van der Waals surface area contributed by atoms with Crippen molar-refractivity contribution in [2.75, 3.05) is 6.54 Å². The predicted octanol–water partition coefficient (Wildman–Crippen LogP) is 4.96. The maximum absolute atomic E-state index is 14.3. The molecule has 2 aromatic carbocycles. The van der Waals surface area contributed by atoms with Crippen LogP contribution in [-0.2, 0) is 20.7 Å². The SMILES string of the molecule is CCCN(C(=O)C(Cc1ccc(O)cc1)NC(=O)OC(C)(C)C)C(C(=O)NC1CCCCC1)c1ccc(O)cc1. The number of hydrogen-bond acceptors (Lipinski definition) is 6. The molecule has 4 N–H and O–H groups in total. The van der Waals surface area contributed by atoms with Crippen LogP contribution in [0.5, 0.6) is 11.5 Å². The highest BCUT2D eigenvalue weighted by atomic mass is 16.6. The third kappa shape index (κ3) is 9.17. The lowest BCUT2D eigenvalue weighted by molar-refractivity contribution is -0.142. The first-order chi connectivity index (χ1) is 19.0. The van der Waals surface area contributed by atoms with Crippen molar-refractivity contribution in [2.45, 2.75) is 96.4 Å². The van der Waals surface area contributed by atoms with Crippen LogP contribution in [0.4, 0.5) is 4.79 Å². The van der Waals surface area contributed by atoms with Crippen LogP contribution in [0, 0.1) is 0 Å². The minimum atomic E-state index is -1.03. The Morgan fingerprint density at radius 1 is 0.950 bits per heavy atom. The van der Waals surface area contributed by atoms with E-state index in [0.29, 0.717) is 12.0 Å². The number of phenols is 2. The molecule has 9 nitrogen and oxygen atoms in total. The summed E-state index contributed by atoms with van der Waals surface area (Å²) in [5, 5.41) is 25.5. The van der Waals surface area contributed by atoms with Gasteiger partial charge < -0.3 is 30.5 Å². The van der Waals surface area contributed by atoms with Crippen LogP contribution >= 0.6 is 0 Å². The van der Waals surface area contributed by atoms with Gasteiger partial charge in [0.15, 0.2) is 0 Å². The van der Waals surface area contributed by atoms with Crippen LogP contribution in [0.15, 0.2) is 48.5 Å². The van der Waals surface area contributed by atoms with Gasteiger partial charge in [-0.05, 0) is 75.4 Å². The van der Waals surface area contributed by atoms with E-state index in [1.54, 1.807) is 45.0 Å². The zero-order valence-corrected chi connectivity index (χ0v) is 24.0. The molecule has 1 aliphatic rings. The van der Waals surface area contributed by atoms with Crippen molar-refractivity contribution in [1.82, 2.24) is 15.5 Å². The van der Waals surface area contributed by atoms with Gasteiger partial charge in [0.2, 0.25) is 11.8 Å². The summed E-state index contributed by atoms with van der Waals surface area (Å²) in [6, 6.07) is 10.7. The minimum Gasteiger partial charge on any atom is -0.508 e. The molecular weight excluding hydrogens is 510 g/mol. The number of rotatable bonds is 10. The smallest absolute Gasteiger partial charge is 0.408 e. The van der Waals surface area contributed by atoms with Crippen LogP contribution in [0.2, 0.25) is 0 Å². The number of nitrogens with one attached hydrogen (secondary N) is 2. The molecule has 1 aliphatic carbocycles. The maximum atomic E-state index is 14.3. The van der Waals surface area contributed by atoms with E-state index in [1.807, 2.05) is 6.92 Å². The van der Waals surface area contributed by atoms with Crippen LogP contribution in [-0.4, -0.2) is 57.3 Å². The monoisotopic (exact) mass is 553 g/mol. The minimum absolute atomic E-state index is 0.0344. The number of carbonyl (C=O) groups is 3. The van der Waals surface area contributed by atoms with Crippen molar-refractivity contribution < 1.29 is 29.3 Å². The van der Waals surface area contributed by atoms with Crippen LogP contribution in [0.3, 0.4) is 0 Å². The summed E-state index contributed by atoms with van der Waals surface area (Å²) in [6.07, 6.45) is 4.97. The number of carbonyl (C=O) groups excluding carboxylic acids is 3. The summed E-state index contributed by atoms with van der Waals surface area (Å²) >= 11 is 0. The number of phenolic OH excluding ortho intramolecular Hbond substituents is 2. The number of benzene rings is 2. The van der Waals surface area contributed by atoms with Gasteiger partial charge >= 0.3 is 6.09 Å². The summed E-state index contributed by atoms with van der Waals surface area (Å²) in [5.74, 6) is -0.579. The van der Waals surface area contributed by atoms with Gasteiger partial charge in [-0.25, -0.2) is 4.79 Å². The summed E-state index contributed by atoms with van der Waals surface area (Å²) in [6.45, 7) is 7.41. The number of amides is 3. The third-order valence-corrected chi connectivity index (χ3v) is 6.83. The second-order valence-electron chi connectivity index (χ2n) is 11.4. The first kappa shape index (κ1) is 30.8. The Bertz CT molecular complexity index is 1120. The Balaban J connectivity index is 1.97. The largest absolute Gasteiger partial charge is 0.508 e. The van der Waals surface area contributed by atoms with Gasteiger partial charge in [-0.3, -0.25) is 9.59 Å². The molecule has 218 valence electrons. The zero-order valence-electron chi connectivity index (χ0n) is 24.0. The predicted molar refractivity (Wildman–Crippen MR) is 153 cm³/mol. The van der Waals surface area contributed by atoms with Gasteiger partial charge in [0, 0.05) is 19.0 Å². The standard InChI is InChI=1S/C31H43N3O6/c1-5-19-34(27(22-13-17-25(36)18-14-22)28(37)32-23-9-7-6-8-10-23)29(38)26(33-30(39)40-31(2,3)4)20-21-11-15-24(35)16-12-21/h11-18,23,26-27,35-36H,5-10,19-20H2,1-4H3,(H,32,37)(H,33,39). The van der Waals surface area contributed by atoms with Crippen molar-refractivity contribution >= 4 is 17.9 Å². The maximum Gasteiger partial charge on any atom is 0.408 e. The van der Waals surface area contributed by atoms with Crippen molar-refractivity contribution in [2.24, 2.45) is 0 Å². The van der Waals surface area contributed by atoms with E-state index < -0.39 is 29.7 Å². The lowest BCUT2D eigenvalue weighted by atomic mass is 9.94. The number of alkyl carbamates (subject to hydrolysis) is 1. The molecule has 2 atom stereocenters. The average molecular weight is 554 g/mol. The Morgan fingerprint density at radius 2 is 1.52 bits per heavy atom. The molecule has 0 radical (unpaired) electrons. The molecule has 40 heavy (non-hydrogen) atoms. The van der Waals surface area contributed by atoms with Gasteiger partial charge in [0.05, 0.1) is 0 Å². The average Bonchev–Trinajstić information content (AvgIpc) is 2.89. The Morgan fingerprint density at radius 3 is 2.08 bits per heavy atom. The van der Waals surface area contributed by atoms with E-state index in [1.165, 1.54) is 29.2 Å².